The lowest BCUT2D eigenvalue weighted by Crippen LogP contribution is -2.20. The zero-order chi connectivity index (χ0) is 12.5. The molecule has 18 heavy (non-hydrogen) atoms. The minimum atomic E-state index is 0.571. The van der Waals surface area contributed by atoms with E-state index in [-0.39, 0.29) is 0 Å². The smallest absolute Gasteiger partial charge is 0.107 e. The molecule has 0 N–H and O–H groups in total. The van der Waals surface area contributed by atoms with Crippen LogP contribution in [0.1, 0.15) is 32.0 Å². The van der Waals surface area contributed by atoms with Crippen molar-refractivity contribution in [3.05, 3.63) is 24.3 Å². The van der Waals surface area contributed by atoms with E-state index in [0.29, 0.717) is 6.04 Å². The van der Waals surface area contributed by atoms with Gasteiger partial charge in [0, 0.05) is 24.8 Å². The van der Waals surface area contributed by atoms with Gasteiger partial charge < -0.3 is 9.47 Å². The molecule has 1 fully saturated rings. The number of aryl methyl sites for hydroxylation is 1. The van der Waals surface area contributed by atoms with E-state index in [1.165, 1.54) is 18.5 Å². The summed E-state index contributed by atoms with van der Waals surface area (Å²) in [6.07, 6.45) is 6.09. The van der Waals surface area contributed by atoms with Crippen molar-refractivity contribution in [3.8, 4) is 0 Å². The lowest BCUT2D eigenvalue weighted by molar-refractivity contribution is 0.342. The number of fused-ring (bicyclic) bond motifs is 1. The average molecular weight is 244 g/mol. The summed E-state index contributed by atoms with van der Waals surface area (Å²) in [5.41, 5.74) is 3.40. The molecule has 4 heteroatoms. The van der Waals surface area contributed by atoms with Crippen LogP contribution in [0.15, 0.2) is 18.6 Å². The molecule has 2 aromatic heterocycles. The van der Waals surface area contributed by atoms with Gasteiger partial charge in [0.1, 0.15) is 5.52 Å². The highest BCUT2D eigenvalue weighted by Gasteiger charge is 2.23. The Morgan fingerprint density at radius 2 is 2.22 bits per heavy atom. The summed E-state index contributed by atoms with van der Waals surface area (Å²) in [6, 6.07) is 2.76. The van der Waals surface area contributed by atoms with Crippen molar-refractivity contribution in [3.63, 3.8) is 0 Å². The van der Waals surface area contributed by atoms with Crippen LogP contribution in [-0.2, 0) is 6.42 Å². The normalized spacial score (nSPS) is 20.9. The molecule has 0 amide bonds. The number of likely N-dealkylation sites (tertiary alicyclic amines) is 1. The molecule has 3 rings (SSSR count). The zero-order valence-corrected chi connectivity index (χ0v) is 11.1. The minimum Gasteiger partial charge on any atom is -0.326 e. The summed E-state index contributed by atoms with van der Waals surface area (Å²) in [4.78, 5) is 11.4. The van der Waals surface area contributed by atoms with Crippen molar-refractivity contribution < 1.29 is 0 Å². The highest BCUT2D eigenvalue weighted by molar-refractivity contribution is 5.74. The van der Waals surface area contributed by atoms with Crippen molar-refractivity contribution in [1.82, 2.24) is 19.4 Å². The Labute approximate surface area is 108 Å². The molecule has 0 aliphatic carbocycles. The van der Waals surface area contributed by atoms with Crippen LogP contribution in [-0.4, -0.2) is 39.1 Å². The Kier molecular flexibility index (Phi) is 3.04. The first-order valence-electron chi connectivity index (χ1n) is 6.85. The highest BCUT2D eigenvalue weighted by atomic mass is 15.2. The molecule has 0 unspecified atom stereocenters. The molecule has 4 nitrogen and oxygen atoms in total. The quantitative estimate of drug-likeness (QED) is 0.830. The molecule has 1 aliphatic heterocycles. The van der Waals surface area contributed by atoms with Gasteiger partial charge in [-0.15, -0.1) is 0 Å². The van der Waals surface area contributed by atoms with Crippen LogP contribution < -0.4 is 0 Å². The van der Waals surface area contributed by atoms with Crippen molar-refractivity contribution in [1.29, 1.82) is 0 Å². The van der Waals surface area contributed by atoms with E-state index < -0.39 is 0 Å². The largest absolute Gasteiger partial charge is 0.326 e. The number of hydrogen-bond donors (Lipinski definition) is 0. The molecule has 0 saturated carbocycles. The summed E-state index contributed by atoms with van der Waals surface area (Å²) in [5, 5.41) is 0. The van der Waals surface area contributed by atoms with Gasteiger partial charge in [-0.25, -0.2) is 4.98 Å². The first-order valence-corrected chi connectivity index (χ1v) is 6.85. The number of imidazole rings is 1. The predicted octanol–water partition coefficient (Wildman–Crippen LogP) is 2.26. The Bertz CT molecular complexity index is 546. The fourth-order valence-corrected chi connectivity index (χ4v) is 2.78. The second kappa shape index (κ2) is 4.69. The van der Waals surface area contributed by atoms with Crippen molar-refractivity contribution in [2.75, 3.05) is 19.6 Å². The SMILES string of the molecule is CCc1cc2c(cn1)ncn2[C@H]1CCN(CC)C1. The number of nitrogens with zero attached hydrogens (tertiary/aromatic N) is 4. The van der Waals surface area contributed by atoms with E-state index in [4.69, 9.17) is 0 Å². The molecule has 96 valence electrons. The number of hydrogen-bond acceptors (Lipinski definition) is 3. The van der Waals surface area contributed by atoms with E-state index in [1.807, 2.05) is 12.5 Å². The number of likely N-dealkylation sites (N-methyl/N-ethyl adjacent to an activating group) is 1. The van der Waals surface area contributed by atoms with E-state index in [9.17, 15) is 0 Å². The van der Waals surface area contributed by atoms with Gasteiger partial charge in [0.25, 0.3) is 0 Å². The molecule has 0 bridgehead atoms. The fraction of sp³-hybridized carbons (Fsp3) is 0.571. The Hall–Kier alpha value is -1.42. The molecule has 1 aliphatic rings. The van der Waals surface area contributed by atoms with Gasteiger partial charge in [-0.3, -0.25) is 4.98 Å². The third-order valence-electron chi connectivity index (χ3n) is 3.97. The third kappa shape index (κ3) is 1.90. The third-order valence-corrected chi connectivity index (χ3v) is 3.97. The molecule has 0 spiro atoms. The number of aromatic nitrogens is 3. The Balaban J connectivity index is 1.96. The Morgan fingerprint density at radius 1 is 1.33 bits per heavy atom. The van der Waals surface area contributed by atoms with Gasteiger partial charge in [-0.2, -0.15) is 0 Å². The topological polar surface area (TPSA) is 34.0 Å². The summed E-state index contributed by atoms with van der Waals surface area (Å²) < 4.78 is 2.34. The van der Waals surface area contributed by atoms with Crippen molar-refractivity contribution >= 4 is 11.0 Å². The lowest BCUT2D eigenvalue weighted by Gasteiger charge is -2.15. The lowest BCUT2D eigenvalue weighted by atomic mass is 10.2. The van der Waals surface area contributed by atoms with Crippen LogP contribution in [0.3, 0.4) is 0 Å². The molecular weight excluding hydrogens is 224 g/mol. The second-order valence-electron chi connectivity index (χ2n) is 5.01. The first-order chi connectivity index (χ1) is 8.81. The highest BCUT2D eigenvalue weighted by Crippen LogP contribution is 2.25. The standard InChI is InChI=1S/C14H20N4/c1-3-11-7-14-13(8-15-11)16-10-18(14)12-5-6-17(4-2)9-12/h7-8,10,12H,3-6,9H2,1-2H3/t12-/m0/s1. The monoisotopic (exact) mass is 244 g/mol. The predicted molar refractivity (Wildman–Crippen MR) is 72.7 cm³/mol. The number of pyridine rings is 1. The molecule has 0 radical (unpaired) electrons. The van der Waals surface area contributed by atoms with E-state index in [0.717, 1.165) is 30.7 Å². The summed E-state index contributed by atoms with van der Waals surface area (Å²) >= 11 is 0. The zero-order valence-electron chi connectivity index (χ0n) is 11.1. The maximum Gasteiger partial charge on any atom is 0.107 e. The van der Waals surface area contributed by atoms with Crippen LogP contribution in [0.4, 0.5) is 0 Å². The summed E-state index contributed by atoms with van der Waals surface area (Å²) in [5.74, 6) is 0. The minimum absolute atomic E-state index is 0.571. The van der Waals surface area contributed by atoms with Crippen LogP contribution in [0.25, 0.3) is 11.0 Å². The molecule has 2 aromatic rings. The van der Waals surface area contributed by atoms with Gasteiger partial charge in [0.2, 0.25) is 0 Å². The first kappa shape index (κ1) is 11.7. The summed E-state index contributed by atoms with van der Waals surface area (Å²) in [7, 11) is 0. The van der Waals surface area contributed by atoms with Gasteiger partial charge in [0.05, 0.1) is 18.0 Å². The second-order valence-corrected chi connectivity index (χ2v) is 5.01. The maximum atomic E-state index is 4.47. The molecular formula is C14H20N4. The van der Waals surface area contributed by atoms with Gasteiger partial charge in [-0.05, 0) is 25.5 Å². The van der Waals surface area contributed by atoms with E-state index in [2.05, 4.69) is 39.3 Å². The van der Waals surface area contributed by atoms with Crippen LogP contribution >= 0.6 is 0 Å². The van der Waals surface area contributed by atoms with Crippen LogP contribution in [0, 0.1) is 0 Å². The molecule has 1 saturated heterocycles. The van der Waals surface area contributed by atoms with E-state index in [1.54, 1.807) is 0 Å². The molecule has 0 aromatic carbocycles. The summed E-state index contributed by atoms with van der Waals surface area (Å²) in [6.45, 7) is 7.86. The van der Waals surface area contributed by atoms with Crippen molar-refractivity contribution in [2.45, 2.75) is 32.7 Å². The van der Waals surface area contributed by atoms with Crippen LogP contribution in [0.5, 0.6) is 0 Å². The van der Waals surface area contributed by atoms with Gasteiger partial charge in [0.15, 0.2) is 0 Å². The Morgan fingerprint density at radius 3 is 2.94 bits per heavy atom. The molecule has 3 heterocycles. The fourth-order valence-electron chi connectivity index (χ4n) is 2.78. The average Bonchev–Trinajstić information content (AvgIpc) is 3.03. The van der Waals surface area contributed by atoms with Gasteiger partial charge in [-0.1, -0.05) is 13.8 Å². The van der Waals surface area contributed by atoms with Gasteiger partial charge >= 0.3 is 0 Å². The molecule has 1 atom stereocenters. The number of rotatable bonds is 3. The maximum absolute atomic E-state index is 4.47. The van der Waals surface area contributed by atoms with E-state index >= 15 is 0 Å². The van der Waals surface area contributed by atoms with Crippen molar-refractivity contribution in [2.24, 2.45) is 0 Å². The van der Waals surface area contributed by atoms with Crippen LogP contribution in [0.2, 0.25) is 0 Å².